The number of halogens is 1. The van der Waals surface area contributed by atoms with Gasteiger partial charge < -0.3 is 14.7 Å². The van der Waals surface area contributed by atoms with Gasteiger partial charge >= 0.3 is 0 Å². The molecule has 86 valence electrons. The van der Waals surface area contributed by atoms with Crippen molar-refractivity contribution in [3.05, 3.63) is 29.3 Å². The van der Waals surface area contributed by atoms with Crippen LogP contribution >= 0.6 is 11.6 Å². The summed E-state index contributed by atoms with van der Waals surface area (Å²) < 4.78 is 5.15. The van der Waals surface area contributed by atoms with Gasteiger partial charge in [-0.2, -0.15) is 0 Å². The first-order valence-corrected chi connectivity index (χ1v) is 5.39. The summed E-state index contributed by atoms with van der Waals surface area (Å²) in [6, 6.07) is 7.02. The van der Waals surface area contributed by atoms with Crippen molar-refractivity contribution in [3.8, 4) is 0 Å². The van der Waals surface area contributed by atoms with Crippen LogP contribution in [-0.4, -0.2) is 36.9 Å². The van der Waals surface area contributed by atoms with Crippen molar-refractivity contribution in [2.75, 3.05) is 24.7 Å². The zero-order chi connectivity index (χ0) is 11.5. The van der Waals surface area contributed by atoms with Crippen LogP contribution < -0.4 is 4.90 Å². The molecule has 1 aromatic rings. The van der Waals surface area contributed by atoms with Gasteiger partial charge in [-0.15, -0.1) is 0 Å². The van der Waals surface area contributed by atoms with Gasteiger partial charge in [0, 0.05) is 17.3 Å². The number of carbonyl (C=O) groups excluding carboxylic acids is 1. The molecule has 1 aliphatic rings. The molecule has 1 heterocycles. The first kappa shape index (κ1) is 11.4. The molecule has 0 aliphatic carbocycles. The molecule has 1 saturated heterocycles. The summed E-state index contributed by atoms with van der Waals surface area (Å²) in [5, 5.41) is 9.60. The van der Waals surface area contributed by atoms with Crippen LogP contribution in [0.2, 0.25) is 5.02 Å². The number of amides is 1. The zero-order valence-electron chi connectivity index (χ0n) is 8.60. The maximum absolute atomic E-state index is 11.8. The molecular formula is C11H12ClNO3. The Morgan fingerprint density at radius 3 is 2.75 bits per heavy atom. The number of hydrogen-bond acceptors (Lipinski definition) is 3. The van der Waals surface area contributed by atoms with E-state index in [2.05, 4.69) is 0 Å². The molecule has 1 atom stereocenters. The van der Waals surface area contributed by atoms with E-state index in [9.17, 15) is 4.79 Å². The van der Waals surface area contributed by atoms with E-state index in [4.69, 9.17) is 21.4 Å². The SMILES string of the molecule is O=C1C(CO)OCCN1c1ccc(Cl)cc1. The van der Waals surface area contributed by atoms with E-state index >= 15 is 0 Å². The molecule has 1 aliphatic heterocycles. The van der Waals surface area contributed by atoms with Crippen molar-refractivity contribution >= 4 is 23.2 Å². The third kappa shape index (κ3) is 2.19. The van der Waals surface area contributed by atoms with Crippen LogP contribution in [0, 0.1) is 0 Å². The van der Waals surface area contributed by atoms with Crippen LogP contribution in [0.3, 0.4) is 0 Å². The van der Waals surface area contributed by atoms with Gasteiger partial charge in [-0.3, -0.25) is 4.79 Å². The van der Waals surface area contributed by atoms with Crippen LogP contribution in [0.4, 0.5) is 5.69 Å². The molecule has 16 heavy (non-hydrogen) atoms. The average molecular weight is 242 g/mol. The standard InChI is InChI=1S/C11H12ClNO3/c12-8-1-3-9(4-2-8)13-5-6-16-10(7-14)11(13)15/h1-4,10,14H,5-7H2. The van der Waals surface area contributed by atoms with Gasteiger partial charge in [0.1, 0.15) is 0 Å². The van der Waals surface area contributed by atoms with Gasteiger partial charge in [0.15, 0.2) is 6.10 Å². The zero-order valence-corrected chi connectivity index (χ0v) is 9.35. The number of nitrogens with zero attached hydrogens (tertiary/aromatic N) is 1. The minimum absolute atomic E-state index is 0.212. The highest BCUT2D eigenvalue weighted by Crippen LogP contribution is 2.21. The second kappa shape index (κ2) is 4.82. The van der Waals surface area contributed by atoms with E-state index in [1.807, 2.05) is 0 Å². The molecule has 0 bridgehead atoms. The van der Waals surface area contributed by atoms with E-state index in [0.29, 0.717) is 18.2 Å². The number of aliphatic hydroxyl groups excluding tert-OH is 1. The van der Waals surface area contributed by atoms with Crippen molar-refractivity contribution in [2.45, 2.75) is 6.10 Å². The second-order valence-corrected chi connectivity index (χ2v) is 3.94. The molecule has 1 unspecified atom stereocenters. The molecule has 1 aromatic carbocycles. The Kier molecular flexibility index (Phi) is 3.43. The molecule has 1 N–H and O–H groups in total. The fraction of sp³-hybridized carbons (Fsp3) is 0.364. The molecular weight excluding hydrogens is 230 g/mol. The van der Waals surface area contributed by atoms with Crippen molar-refractivity contribution in [2.24, 2.45) is 0 Å². The largest absolute Gasteiger partial charge is 0.393 e. The molecule has 2 rings (SSSR count). The molecule has 0 spiro atoms. The minimum atomic E-state index is -0.746. The van der Waals surface area contributed by atoms with Crippen molar-refractivity contribution in [3.63, 3.8) is 0 Å². The van der Waals surface area contributed by atoms with E-state index in [1.54, 1.807) is 29.2 Å². The first-order valence-electron chi connectivity index (χ1n) is 5.02. The Morgan fingerprint density at radius 1 is 1.44 bits per heavy atom. The van der Waals surface area contributed by atoms with E-state index < -0.39 is 6.10 Å². The molecule has 5 heteroatoms. The first-order chi connectivity index (χ1) is 7.72. The molecule has 1 amide bonds. The number of rotatable bonds is 2. The molecule has 0 saturated carbocycles. The van der Waals surface area contributed by atoms with E-state index in [-0.39, 0.29) is 12.5 Å². The summed E-state index contributed by atoms with van der Waals surface area (Å²) in [5.74, 6) is -0.212. The van der Waals surface area contributed by atoms with Gasteiger partial charge in [0.25, 0.3) is 5.91 Å². The van der Waals surface area contributed by atoms with Crippen LogP contribution in [0.25, 0.3) is 0 Å². The minimum Gasteiger partial charge on any atom is -0.393 e. The lowest BCUT2D eigenvalue weighted by Crippen LogP contribution is -2.49. The number of hydrogen-bond donors (Lipinski definition) is 1. The smallest absolute Gasteiger partial charge is 0.258 e. The average Bonchev–Trinajstić information content (AvgIpc) is 2.31. The van der Waals surface area contributed by atoms with Crippen molar-refractivity contribution < 1.29 is 14.6 Å². The van der Waals surface area contributed by atoms with Gasteiger partial charge in [-0.25, -0.2) is 0 Å². The summed E-state index contributed by atoms with van der Waals surface area (Å²) in [4.78, 5) is 13.4. The number of aliphatic hydroxyl groups is 1. The summed E-state index contributed by atoms with van der Waals surface area (Å²) in [6.07, 6.45) is -0.746. The maximum atomic E-state index is 11.8. The predicted octanol–water partition coefficient (Wildman–Crippen LogP) is 1.06. The van der Waals surface area contributed by atoms with Crippen LogP contribution in [0.15, 0.2) is 24.3 Å². The normalized spacial score (nSPS) is 21.2. The third-order valence-corrected chi connectivity index (χ3v) is 2.73. The van der Waals surface area contributed by atoms with Crippen LogP contribution in [0.5, 0.6) is 0 Å². The molecule has 1 fully saturated rings. The van der Waals surface area contributed by atoms with Gasteiger partial charge in [0.2, 0.25) is 0 Å². The predicted molar refractivity (Wildman–Crippen MR) is 60.6 cm³/mol. The Hall–Kier alpha value is -1.10. The van der Waals surface area contributed by atoms with E-state index in [0.717, 1.165) is 5.69 Å². The lowest BCUT2D eigenvalue weighted by Gasteiger charge is -2.31. The quantitative estimate of drug-likeness (QED) is 0.843. The molecule has 0 radical (unpaired) electrons. The fourth-order valence-corrected chi connectivity index (χ4v) is 1.78. The summed E-state index contributed by atoms with van der Waals surface area (Å²) in [7, 11) is 0. The fourth-order valence-electron chi connectivity index (χ4n) is 1.65. The maximum Gasteiger partial charge on any atom is 0.258 e. The number of anilines is 1. The number of morpholine rings is 1. The van der Waals surface area contributed by atoms with Crippen molar-refractivity contribution in [1.82, 2.24) is 0 Å². The highest BCUT2D eigenvalue weighted by Gasteiger charge is 2.29. The highest BCUT2D eigenvalue weighted by atomic mass is 35.5. The Bertz CT molecular complexity index is 379. The number of carbonyl (C=O) groups is 1. The van der Waals surface area contributed by atoms with Gasteiger partial charge in [-0.1, -0.05) is 11.6 Å². The van der Waals surface area contributed by atoms with Gasteiger partial charge in [0.05, 0.1) is 13.2 Å². The Morgan fingerprint density at radius 2 is 2.12 bits per heavy atom. The Labute approximate surface area is 98.4 Å². The summed E-state index contributed by atoms with van der Waals surface area (Å²) in [5.41, 5.74) is 0.774. The van der Waals surface area contributed by atoms with Gasteiger partial charge in [-0.05, 0) is 24.3 Å². The highest BCUT2D eigenvalue weighted by molar-refractivity contribution is 6.30. The summed E-state index contributed by atoms with van der Waals surface area (Å²) in [6.45, 7) is 0.638. The lowest BCUT2D eigenvalue weighted by atomic mass is 10.2. The molecule has 4 nitrogen and oxygen atoms in total. The van der Waals surface area contributed by atoms with Crippen LogP contribution in [0.1, 0.15) is 0 Å². The monoisotopic (exact) mass is 241 g/mol. The second-order valence-electron chi connectivity index (χ2n) is 3.51. The van der Waals surface area contributed by atoms with E-state index in [1.165, 1.54) is 0 Å². The number of ether oxygens (including phenoxy) is 1. The topological polar surface area (TPSA) is 49.8 Å². The lowest BCUT2D eigenvalue weighted by molar-refractivity contribution is -0.136. The van der Waals surface area contributed by atoms with Crippen LogP contribution in [-0.2, 0) is 9.53 Å². The van der Waals surface area contributed by atoms with Crippen molar-refractivity contribution in [1.29, 1.82) is 0 Å². The molecule has 0 aromatic heterocycles. The number of benzene rings is 1. The Balaban J connectivity index is 2.20. The summed E-state index contributed by atoms with van der Waals surface area (Å²) >= 11 is 5.77. The third-order valence-electron chi connectivity index (χ3n) is 2.48.